The average Bonchev–Trinajstić information content (AvgIpc) is 3.45. The second kappa shape index (κ2) is 12.3. The van der Waals surface area contributed by atoms with Crippen LogP contribution in [-0.2, 0) is 20.7 Å². The molecule has 2 aromatic carbocycles. The number of ketones is 1. The van der Waals surface area contributed by atoms with Gasteiger partial charge < -0.3 is 14.6 Å². The van der Waals surface area contributed by atoms with Crippen LogP contribution in [0.2, 0.25) is 0 Å². The fourth-order valence-corrected chi connectivity index (χ4v) is 5.34. The van der Waals surface area contributed by atoms with E-state index in [1.165, 1.54) is 4.90 Å². The molecule has 2 heterocycles. The predicted molar refractivity (Wildman–Crippen MR) is 150 cm³/mol. The minimum Gasteiger partial charge on any atom is -0.507 e. The number of hydrogen-bond acceptors (Lipinski definition) is 8. The molecule has 204 valence electrons. The van der Waals surface area contributed by atoms with E-state index in [-0.39, 0.29) is 27.9 Å². The molecule has 0 saturated carbocycles. The lowest BCUT2D eigenvalue weighted by molar-refractivity contribution is -0.132. The van der Waals surface area contributed by atoms with Gasteiger partial charge in [-0.05, 0) is 62.1 Å². The van der Waals surface area contributed by atoms with Gasteiger partial charge in [0, 0.05) is 5.56 Å². The van der Waals surface area contributed by atoms with E-state index in [9.17, 15) is 19.5 Å². The summed E-state index contributed by atoms with van der Waals surface area (Å²) in [6, 6.07) is 13.4. The number of aliphatic hydroxyl groups is 1. The van der Waals surface area contributed by atoms with Gasteiger partial charge in [-0.25, -0.2) is 9.78 Å². The van der Waals surface area contributed by atoms with Crippen molar-refractivity contribution < 1.29 is 29.0 Å². The maximum absolute atomic E-state index is 13.4. The largest absolute Gasteiger partial charge is 0.507 e. The molecule has 0 bridgehead atoms. The zero-order valence-corrected chi connectivity index (χ0v) is 23.3. The summed E-state index contributed by atoms with van der Waals surface area (Å²) in [7, 11) is 0. The van der Waals surface area contributed by atoms with Crippen molar-refractivity contribution >= 4 is 39.9 Å². The fourth-order valence-electron chi connectivity index (χ4n) is 4.35. The van der Waals surface area contributed by atoms with Crippen LogP contribution in [0.1, 0.15) is 71.7 Å². The van der Waals surface area contributed by atoms with E-state index < -0.39 is 23.7 Å². The molecule has 1 saturated heterocycles. The summed E-state index contributed by atoms with van der Waals surface area (Å²) < 4.78 is 10.8. The number of unbranched alkanes of at least 4 members (excludes halogenated alkanes) is 1. The highest BCUT2D eigenvalue weighted by molar-refractivity contribution is 7.17. The molecule has 1 aliphatic heterocycles. The molecule has 1 atom stereocenters. The number of aromatic nitrogens is 1. The normalized spacial score (nSPS) is 16.5. The summed E-state index contributed by atoms with van der Waals surface area (Å²) >= 11 is 0.984. The van der Waals surface area contributed by atoms with Crippen molar-refractivity contribution in [3.8, 4) is 5.75 Å². The van der Waals surface area contributed by atoms with Crippen LogP contribution in [0.4, 0.5) is 5.13 Å². The molecule has 1 amide bonds. The van der Waals surface area contributed by atoms with E-state index in [2.05, 4.69) is 11.9 Å². The van der Waals surface area contributed by atoms with Gasteiger partial charge in [0.15, 0.2) is 5.13 Å². The molecule has 1 fully saturated rings. The zero-order chi connectivity index (χ0) is 28.1. The third-order valence-corrected chi connectivity index (χ3v) is 7.63. The number of ether oxygens (including phenoxy) is 2. The summed E-state index contributed by atoms with van der Waals surface area (Å²) in [6.45, 7) is 8.25. The Labute approximate surface area is 231 Å². The second-order valence-electron chi connectivity index (χ2n) is 9.12. The SMILES string of the molecule is CCCCOc1ccc(/C(O)=C2/C(=O)C(=O)N(c3nc(C)c(C(=O)OCC)s3)C2c2ccc(CC)cc2)cc1. The zero-order valence-electron chi connectivity index (χ0n) is 22.5. The first-order valence-corrected chi connectivity index (χ1v) is 13.9. The van der Waals surface area contributed by atoms with Crippen LogP contribution < -0.4 is 9.64 Å². The molecule has 1 aliphatic rings. The van der Waals surface area contributed by atoms with Crippen LogP contribution >= 0.6 is 11.3 Å². The molecule has 8 nitrogen and oxygen atoms in total. The molecule has 1 aromatic heterocycles. The van der Waals surface area contributed by atoms with Gasteiger partial charge in [-0.2, -0.15) is 0 Å². The van der Waals surface area contributed by atoms with Crippen LogP contribution in [0, 0.1) is 6.92 Å². The first kappa shape index (κ1) is 28.0. The van der Waals surface area contributed by atoms with Crippen LogP contribution in [0.15, 0.2) is 54.1 Å². The Balaban J connectivity index is 1.81. The number of esters is 1. The number of hydrogen-bond donors (Lipinski definition) is 1. The Morgan fingerprint density at radius 1 is 1.05 bits per heavy atom. The van der Waals surface area contributed by atoms with E-state index >= 15 is 0 Å². The maximum atomic E-state index is 13.4. The molecule has 3 aromatic rings. The van der Waals surface area contributed by atoms with Gasteiger partial charge in [0.05, 0.1) is 30.5 Å². The number of benzene rings is 2. The molecular weight excluding hydrogens is 516 g/mol. The van der Waals surface area contributed by atoms with Crippen molar-refractivity contribution in [2.75, 3.05) is 18.1 Å². The van der Waals surface area contributed by atoms with E-state index in [1.807, 2.05) is 31.2 Å². The molecule has 0 radical (unpaired) electrons. The molecule has 4 rings (SSSR count). The van der Waals surface area contributed by atoms with Gasteiger partial charge in [-0.15, -0.1) is 0 Å². The Bertz CT molecular complexity index is 1390. The van der Waals surface area contributed by atoms with Gasteiger partial charge in [-0.3, -0.25) is 14.5 Å². The Morgan fingerprint density at radius 2 is 1.74 bits per heavy atom. The molecular formula is C30H32N2O6S. The summed E-state index contributed by atoms with van der Waals surface area (Å²) in [5.41, 5.74) is 2.46. The van der Waals surface area contributed by atoms with Gasteiger partial charge >= 0.3 is 11.9 Å². The Hall–Kier alpha value is -3.98. The highest BCUT2D eigenvalue weighted by Crippen LogP contribution is 2.44. The first-order chi connectivity index (χ1) is 18.8. The number of carbonyl (C=O) groups is 3. The van der Waals surface area contributed by atoms with E-state index in [0.717, 1.165) is 36.2 Å². The number of thiazole rings is 1. The minimum absolute atomic E-state index is 0.0468. The smallest absolute Gasteiger partial charge is 0.350 e. The standard InChI is InChI=1S/C30H32N2O6S/c1-5-8-17-38-22-15-13-21(14-16-22)25(33)23-24(20-11-9-19(6-2)10-12-20)32(28(35)26(23)34)30-31-18(4)27(39-30)29(36)37-7-3/h9-16,24,33H,5-8,17H2,1-4H3/b25-23-. The number of Topliss-reactive ketones (excluding diaryl/α,β-unsaturated/α-hetero) is 1. The Kier molecular flexibility index (Phi) is 8.81. The molecule has 9 heteroatoms. The topological polar surface area (TPSA) is 106 Å². The Morgan fingerprint density at radius 3 is 2.36 bits per heavy atom. The number of aryl methyl sites for hydroxylation is 2. The number of nitrogens with zero attached hydrogens (tertiary/aromatic N) is 2. The monoisotopic (exact) mass is 548 g/mol. The van der Waals surface area contributed by atoms with Crippen molar-refractivity contribution in [3.63, 3.8) is 0 Å². The summed E-state index contributed by atoms with van der Waals surface area (Å²) in [5.74, 6) is -1.84. The van der Waals surface area contributed by atoms with Crippen molar-refractivity contribution in [2.45, 2.75) is 53.0 Å². The van der Waals surface area contributed by atoms with Gasteiger partial charge in [-0.1, -0.05) is 55.9 Å². The van der Waals surface area contributed by atoms with Gasteiger partial charge in [0.2, 0.25) is 0 Å². The quantitative estimate of drug-likeness (QED) is 0.109. The lowest BCUT2D eigenvalue weighted by Crippen LogP contribution is -2.29. The number of amides is 1. The minimum atomic E-state index is -0.933. The number of rotatable bonds is 10. The van der Waals surface area contributed by atoms with Gasteiger partial charge in [0.1, 0.15) is 16.4 Å². The summed E-state index contributed by atoms with van der Waals surface area (Å²) in [6.07, 6.45) is 2.76. The van der Waals surface area contributed by atoms with Crippen LogP contribution in [0.5, 0.6) is 5.75 Å². The average molecular weight is 549 g/mol. The molecule has 0 aliphatic carbocycles. The molecule has 1 N–H and O–H groups in total. The molecule has 1 unspecified atom stereocenters. The van der Waals surface area contributed by atoms with Crippen LogP contribution in [0.25, 0.3) is 5.76 Å². The van der Waals surface area contributed by atoms with E-state index in [1.54, 1.807) is 38.1 Å². The molecule has 0 spiro atoms. The lowest BCUT2D eigenvalue weighted by atomic mass is 9.94. The highest BCUT2D eigenvalue weighted by Gasteiger charge is 2.48. The number of anilines is 1. The first-order valence-electron chi connectivity index (χ1n) is 13.1. The van der Waals surface area contributed by atoms with Crippen molar-refractivity contribution in [1.29, 1.82) is 0 Å². The fraction of sp³-hybridized carbons (Fsp3) is 0.333. The second-order valence-corrected chi connectivity index (χ2v) is 10.1. The number of aliphatic hydroxyl groups excluding tert-OH is 1. The van der Waals surface area contributed by atoms with Crippen LogP contribution in [-0.4, -0.2) is 41.0 Å². The third kappa shape index (κ3) is 5.73. The summed E-state index contributed by atoms with van der Waals surface area (Å²) in [4.78, 5) is 45.3. The highest BCUT2D eigenvalue weighted by atomic mass is 32.1. The predicted octanol–water partition coefficient (Wildman–Crippen LogP) is 6.00. The van der Waals surface area contributed by atoms with Crippen molar-refractivity contribution in [3.05, 3.63) is 81.4 Å². The van der Waals surface area contributed by atoms with Gasteiger partial charge in [0.25, 0.3) is 5.78 Å². The van der Waals surface area contributed by atoms with Crippen LogP contribution in [0.3, 0.4) is 0 Å². The third-order valence-electron chi connectivity index (χ3n) is 6.49. The molecule has 39 heavy (non-hydrogen) atoms. The van der Waals surface area contributed by atoms with Crippen molar-refractivity contribution in [1.82, 2.24) is 4.98 Å². The number of carbonyl (C=O) groups excluding carboxylic acids is 3. The van der Waals surface area contributed by atoms with Crippen molar-refractivity contribution in [2.24, 2.45) is 0 Å². The van der Waals surface area contributed by atoms with E-state index in [0.29, 0.717) is 29.2 Å². The van der Waals surface area contributed by atoms with E-state index in [4.69, 9.17) is 9.47 Å². The lowest BCUT2D eigenvalue weighted by Gasteiger charge is -2.23. The summed E-state index contributed by atoms with van der Waals surface area (Å²) in [5, 5.41) is 11.6. The maximum Gasteiger partial charge on any atom is 0.350 e.